The summed E-state index contributed by atoms with van der Waals surface area (Å²) in [7, 11) is 0. The van der Waals surface area contributed by atoms with Gasteiger partial charge >= 0.3 is 0 Å². The van der Waals surface area contributed by atoms with Gasteiger partial charge in [0.05, 0.1) is 5.92 Å². The molecule has 2 aliphatic rings. The average molecular weight is 182 g/mol. The molecule has 2 fully saturated rings. The van der Waals surface area contributed by atoms with Gasteiger partial charge in [0, 0.05) is 12.6 Å². The van der Waals surface area contributed by atoms with E-state index in [0.29, 0.717) is 6.04 Å². The number of rotatable bonds is 3. The molecule has 1 saturated carbocycles. The van der Waals surface area contributed by atoms with Crippen LogP contribution >= 0.6 is 0 Å². The van der Waals surface area contributed by atoms with Gasteiger partial charge in [-0.15, -0.1) is 0 Å². The first-order chi connectivity index (χ1) is 6.25. The van der Waals surface area contributed by atoms with Crippen LogP contribution in [0, 0.1) is 11.8 Å². The minimum atomic E-state index is -0.136. The number of amides is 1. The van der Waals surface area contributed by atoms with Crippen LogP contribution in [-0.2, 0) is 4.79 Å². The van der Waals surface area contributed by atoms with Gasteiger partial charge in [0.1, 0.15) is 0 Å². The Bertz CT molecular complexity index is 201. The zero-order valence-corrected chi connectivity index (χ0v) is 7.96. The van der Waals surface area contributed by atoms with Crippen LogP contribution < -0.4 is 11.1 Å². The lowest BCUT2D eigenvalue weighted by molar-refractivity contribution is -0.121. The second kappa shape index (κ2) is 3.66. The van der Waals surface area contributed by atoms with E-state index in [1.54, 1.807) is 0 Å². The Balaban J connectivity index is 1.74. The van der Waals surface area contributed by atoms with Crippen molar-refractivity contribution in [2.24, 2.45) is 17.6 Å². The van der Waals surface area contributed by atoms with Gasteiger partial charge in [-0.25, -0.2) is 0 Å². The zero-order valence-electron chi connectivity index (χ0n) is 7.96. The number of hydrogen-bond donors (Lipinski definition) is 2. The van der Waals surface area contributed by atoms with Crippen LogP contribution in [0.25, 0.3) is 0 Å². The standard InChI is InChI=1S/C10H18N2O/c11-10(13)8-5-9(12-6-8)4-7-2-1-3-7/h7-9,12H,1-6H2,(H2,11,13). The lowest BCUT2D eigenvalue weighted by Crippen LogP contribution is -2.27. The monoisotopic (exact) mass is 182 g/mol. The van der Waals surface area contributed by atoms with Crippen molar-refractivity contribution in [2.45, 2.75) is 38.1 Å². The molecule has 0 bridgehead atoms. The van der Waals surface area contributed by atoms with Crippen molar-refractivity contribution in [1.82, 2.24) is 5.32 Å². The van der Waals surface area contributed by atoms with Crippen LogP contribution in [0.1, 0.15) is 32.1 Å². The molecule has 2 unspecified atom stereocenters. The molecule has 0 aromatic heterocycles. The highest BCUT2D eigenvalue weighted by Crippen LogP contribution is 2.32. The van der Waals surface area contributed by atoms with E-state index in [-0.39, 0.29) is 11.8 Å². The normalized spacial score (nSPS) is 34.5. The lowest BCUT2D eigenvalue weighted by atomic mass is 9.80. The Morgan fingerprint density at radius 1 is 1.46 bits per heavy atom. The van der Waals surface area contributed by atoms with E-state index in [4.69, 9.17) is 5.73 Å². The summed E-state index contributed by atoms with van der Waals surface area (Å²) in [5.41, 5.74) is 5.26. The van der Waals surface area contributed by atoms with E-state index in [1.165, 1.54) is 25.7 Å². The summed E-state index contributed by atoms with van der Waals surface area (Å²) in [6.45, 7) is 0.798. The van der Waals surface area contributed by atoms with Crippen molar-refractivity contribution >= 4 is 5.91 Å². The van der Waals surface area contributed by atoms with E-state index in [9.17, 15) is 4.79 Å². The van der Waals surface area contributed by atoms with E-state index >= 15 is 0 Å². The molecule has 74 valence electrons. The second-order valence-electron chi connectivity index (χ2n) is 4.47. The molecule has 3 heteroatoms. The molecule has 2 rings (SSSR count). The van der Waals surface area contributed by atoms with Gasteiger partial charge in [0.15, 0.2) is 0 Å². The van der Waals surface area contributed by atoms with Crippen molar-refractivity contribution < 1.29 is 4.79 Å². The first kappa shape index (κ1) is 9.00. The highest BCUT2D eigenvalue weighted by molar-refractivity contribution is 5.77. The van der Waals surface area contributed by atoms with Crippen molar-refractivity contribution in [3.63, 3.8) is 0 Å². The van der Waals surface area contributed by atoms with Gasteiger partial charge in [0.25, 0.3) is 0 Å². The number of carbonyl (C=O) groups excluding carboxylic acids is 1. The molecule has 0 spiro atoms. The molecule has 0 aromatic carbocycles. The smallest absolute Gasteiger partial charge is 0.221 e. The third-order valence-electron chi connectivity index (χ3n) is 3.47. The minimum Gasteiger partial charge on any atom is -0.369 e. The zero-order chi connectivity index (χ0) is 9.26. The molecular weight excluding hydrogens is 164 g/mol. The SMILES string of the molecule is NC(=O)C1CNC(CC2CCC2)C1. The van der Waals surface area contributed by atoms with Gasteiger partial charge in [0.2, 0.25) is 5.91 Å². The quantitative estimate of drug-likeness (QED) is 0.673. The molecule has 1 heterocycles. The highest BCUT2D eigenvalue weighted by atomic mass is 16.1. The molecule has 1 aliphatic carbocycles. The molecule has 13 heavy (non-hydrogen) atoms. The summed E-state index contributed by atoms with van der Waals surface area (Å²) >= 11 is 0. The maximum absolute atomic E-state index is 10.9. The Morgan fingerprint density at radius 3 is 2.69 bits per heavy atom. The van der Waals surface area contributed by atoms with E-state index in [2.05, 4.69) is 5.32 Å². The topological polar surface area (TPSA) is 55.1 Å². The average Bonchev–Trinajstić information content (AvgIpc) is 2.44. The van der Waals surface area contributed by atoms with Crippen molar-refractivity contribution in [2.75, 3.05) is 6.54 Å². The van der Waals surface area contributed by atoms with Crippen molar-refractivity contribution in [1.29, 1.82) is 0 Å². The van der Waals surface area contributed by atoms with Gasteiger partial charge in [-0.1, -0.05) is 19.3 Å². The van der Waals surface area contributed by atoms with Crippen LogP contribution in [0.15, 0.2) is 0 Å². The number of hydrogen-bond acceptors (Lipinski definition) is 2. The Labute approximate surface area is 79.1 Å². The Kier molecular flexibility index (Phi) is 2.54. The molecule has 3 nitrogen and oxygen atoms in total. The molecular formula is C10H18N2O. The predicted molar refractivity (Wildman–Crippen MR) is 51.1 cm³/mol. The molecule has 0 radical (unpaired) electrons. The maximum Gasteiger partial charge on any atom is 0.221 e. The summed E-state index contributed by atoms with van der Waals surface area (Å²) in [5.74, 6) is 0.873. The minimum absolute atomic E-state index is 0.0880. The largest absolute Gasteiger partial charge is 0.369 e. The van der Waals surface area contributed by atoms with E-state index < -0.39 is 0 Å². The summed E-state index contributed by atoms with van der Waals surface area (Å²) in [6.07, 6.45) is 6.39. The number of carbonyl (C=O) groups is 1. The van der Waals surface area contributed by atoms with Crippen molar-refractivity contribution in [3.8, 4) is 0 Å². The van der Waals surface area contributed by atoms with Crippen LogP contribution in [0.5, 0.6) is 0 Å². The Hall–Kier alpha value is -0.570. The number of nitrogens with two attached hydrogens (primary N) is 1. The van der Waals surface area contributed by atoms with Crippen LogP contribution in [0.2, 0.25) is 0 Å². The molecule has 1 amide bonds. The fourth-order valence-electron chi connectivity index (χ4n) is 2.35. The van der Waals surface area contributed by atoms with Gasteiger partial charge < -0.3 is 11.1 Å². The first-order valence-corrected chi connectivity index (χ1v) is 5.28. The molecule has 2 atom stereocenters. The van der Waals surface area contributed by atoms with Crippen LogP contribution in [0.4, 0.5) is 0 Å². The molecule has 1 saturated heterocycles. The summed E-state index contributed by atoms with van der Waals surface area (Å²) in [4.78, 5) is 10.9. The molecule has 3 N–H and O–H groups in total. The fraction of sp³-hybridized carbons (Fsp3) is 0.900. The van der Waals surface area contributed by atoms with Crippen LogP contribution in [0.3, 0.4) is 0 Å². The number of primary amides is 1. The van der Waals surface area contributed by atoms with Gasteiger partial charge in [-0.3, -0.25) is 4.79 Å². The predicted octanol–water partition coefficient (Wildman–Crippen LogP) is 0.640. The molecule has 0 aromatic rings. The highest BCUT2D eigenvalue weighted by Gasteiger charge is 2.30. The van der Waals surface area contributed by atoms with E-state index in [0.717, 1.165) is 18.9 Å². The van der Waals surface area contributed by atoms with E-state index in [1.807, 2.05) is 0 Å². The fourth-order valence-corrected chi connectivity index (χ4v) is 2.35. The van der Waals surface area contributed by atoms with Crippen molar-refractivity contribution in [3.05, 3.63) is 0 Å². The summed E-state index contributed by atoms with van der Waals surface area (Å²) in [6, 6.07) is 0.558. The third-order valence-corrected chi connectivity index (χ3v) is 3.47. The number of nitrogens with one attached hydrogen (secondary N) is 1. The summed E-state index contributed by atoms with van der Waals surface area (Å²) < 4.78 is 0. The second-order valence-corrected chi connectivity index (χ2v) is 4.47. The van der Waals surface area contributed by atoms with Gasteiger partial charge in [-0.2, -0.15) is 0 Å². The lowest BCUT2D eigenvalue weighted by Gasteiger charge is -2.28. The summed E-state index contributed by atoms with van der Waals surface area (Å²) in [5, 5.41) is 3.39. The maximum atomic E-state index is 10.9. The van der Waals surface area contributed by atoms with Crippen LogP contribution in [-0.4, -0.2) is 18.5 Å². The third kappa shape index (κ3) is 2.02. The van der Waals surface area contributed by atoms with Gasteiger partial charge in [-0.05, 0) is 18.8 Å². The molecule has 1 aliphatic heterocycles. The first-order valence-electron chi connectivity index (χ1n) is 5.28. The Morgan fingerprint density at radius 2 is 2.23 bits per heavy atom.